The van der Waals surface area contributed by atoms with Gasteiger partial charge >= 0.3 is 0 Å². The summed E-state index contributed by atoms with van der Waals surface area (Å²) in [5.41, 5.74) is 1.91. The highest BCUT2D eigenvalue weighted by atomic mass is 16.2. The molecule has 5 nitrogen and oxygen atoms in total. The molecule has 0 bridgehead atoms. The molecule has 2 saturated heterocycles. The Morgan fingerprint density at radius 3 is 2.32 bits per heavy atom. The molecule has 0 atom stereocenters. The van der Waals surface area contributed by atoms with Crippen molar-refractivity contribution in [2.75, 3.05) is 36.4 Å². The maximum Gasteiger partial charge on any atom is 0.227 e. The number of anilines is 2. The van der Waals surface area contributed by atoms with E-state index in [0.29, 0.717) is 6.04 Å². The molecule has 0 aliphatic carbocycles. The van der Waals surface area contributed by atoms with Crippen molar-refractivity contribution in [3.8, 4) is 0 Å². The lowest BCUT2D eigenvalue weighted by atomic mass is 9.93. The quantitative estimate of drug-likeness (QED) is 0.912. The summed E-state index contributed by atoms with van der Waals surface area (Å²) in [6, 6.07) is 4.73. The van der Waals surface area contributed by atoms with Gasteiger partial charge in [0.25, 0.3) is 0 Å². The molecule has 138 valence electrons. The minimum Gasteiger partial charge on any atom is -0.381 e. The number of likely N-dealkylation sites (tertiary alicyclic amines) is 1. The second kappa shape index (κ2) is 7.22. The molecule has 0 radical (unpaired) electrons. The number of pyridine rings is 1. The third-order valence-corrected chi connectivity index (χ3v) is 5.28. The number of carbonyl (C=O) groups excluding carboxylic acids is 1. The van der Waals surface area contributed by atoms with Crippen LogP contribution in [-0.2, 0) is 4.79 Å². The summed E-state index contributed by atoms with van der Waals surface area (Å²) in [5, 5.41) is 3.65. The van der Waals surface area contributed by atoms with Crippen molar-refractivity contribution in [2.45, 2.75) is 59.4 Å². The zero-order valence-corrected chi connectivity index (χ0v) is 16.1. The van der Waals surface area contributed by atoms with Crippen LogP contribution < -0.4 is 10.2 Å². The molecule has 2 aliphatic heterocycles. The number of aromatic nitrogens is 1. The monoisotopic (exact) mass is 344 g/mol. The average molecular weight is 345 g/mol. The van der Waals surface area contributed by atoms with Crippen molar-refractivity contribution in [2.24, 2.45) is 5.41 Å². The smallest absolute Gasteiger partial charge is 0.227 e. The Morgan fingerprint density at radius 1 is 1.12 bits per heavy atom. The van der Waals surface area contributed by atoms with E-state index < -0.39 is 0 Å². The zero-order chi connectivity index (χ0) is 18.0. The van der Waals surface area contributed by atoms with Gasteiger partial charge in [-0.1, -0.05) is 20.8 Å². The van der Waals surface area contributed by atoms with Crippen molar-refractivity contribution in [3.05, 3.63) is 17.8 Å². The van der Waals surface area contributed by atoms with Crippen molar-refractivity contribution in [1.29, 1.82) is 0 Å². The average Bonchev–Trinajstić information content (AvgIpc) is 3.10. The fourth-order valence-electron chi connectivity index (χ4n) is 3.74. The van der Waals surface area contributed by atoms with E-state index in [9.17, 15) is 4.79 Å². The van der Waals surface area contributed by atoms with E-state index in [1.54, 1.807) is 0 Å². The largest absolute Gasteiger partial charge is 0.381 e. The summed E-state index contributed by atoms with van der Waals surface area (Å²) < 4.78 is 0. The number of aryl methyl sites for hydroxylation is 1. The number of rotatable bonds is 3. The number of nitrogens with one attached hydrogen (secondary N) is 1. The normalized spacial score (nSPS) is 19.4. The van der Waals surface area contributed by atoms with E-state index in [-0.39, 0.29) is 11.3 Å². The van der Waals surface area contributed by atoms with Crippen LogP contribution in [0.5, 0.6) is 0 Å². The number of amides is 1. The lowest BCUT2D eigenvalue weighted by Gasteiger charge is -2.36. The molecule has 0 saturated carbocycles. The summed E-state index contributed by atoms with van der Waals surface area (Å²) in [5.74, 6) is 1.37. The van der Waals surface area contributed by atoms with Gasteiger partial charge in [-0.25, -0.2) is 4.98 Å². The zero-order valence-electron chi connectivity index (χ0n) is 16.1. The summed E-state index contributed by atoms with van der Waals surface area (Å²) in [6.45, 7) is 12.0. The molecular formula is C20H32N4O. The van der Waals surface area contributed by atoms with E-state index in [0.717, 1.165) is 56.2 Å². The molecule has 0 spiro atoms. The molecule has 0 aromatic carbocycles. The number of carbonyl (C=O) groups is 1. The summed E-state index contributed by atoms with van der Waals surface area (Å²) in [4.78, 5) is 21.6. The minimum atomic E-state index is -0.286. The van der Waals surface area contributed by atoms with Crippen molar-refractivity contribution in [3.63, 3.8) is 0 Å². The third kappa shape index (κ3) is 4.25. The van der Waals surface area contributed by atoms with Crippen LogP contribution >= 0.6 is 0 Å². The van der Waals surface area contributed by atoms with Gasteiger partial charge in [0.05, 0.1) is 11.4 Å². The highest BCUT2D eigenvalue weighted by molar-refractivity contribution is 5.81. The fourth-order valence-corrected chi connectivity index (χ4v) is 3.74. The molecular weight excluding hydrogens is 312 g/mol. The van der Waals surface area contributed by atoms with Gasteiger partial charge in [0.15, 0.2) is 0 Å². The maximum absolute atomic E-state index is 12.4. The molecule has 0 unspecified atom stereocenters. The lowest BCUT2D eigenvalue weighted by Crippen LogP contribution is -2.46. The van der Waals surface area contributed by atoms with Gasteiger partial charge in [-0.2, -0.15) is 0 Å². The van der Waals surface area contributed by atoms with Crippen LogP contribution in [0, 0.1) is 12.3 Å². The van der Waals surface area contributed by atoms with E-state index >= 15 is 0 Å². The van der Waals surface area contributed by atoms with Crippen molar-refractivity contribution in [1.82, 2.24) is 9.88 Å². The molecule has 1 aromatic rings. The van der Waals surface area contributed by atoms with Crippen LogP contribution in [0.2, 0.25) is 0 Å². The van der Waals surface area contributed by atoms with E-state index in [1.165, 1.54) is 12.8 Å². The Bertz CT molecular complexity index is 609. The van der Waals surface area contributed by atoms with Crippen LogP contribution in [0.1, 0.15) is 52.1 Å². The second-order valence-corrected chi connectivity index (χ2v) is 8.46. The van der Waals surface area contributed by atoms with Gasteiger partial charge in [0, 0.05) is 37.6 Å². The molecule has 1 aromatic heterocycles. The third-order valence-electron chi connectivity index (χ3n) is 5.28. The number of nitrogens with zero attached hydrogens (tertiary/aromatic N) is 3. The standard InChI is InChI=1S/C20H32N4O/c1-15-17(7-8-18(21-15)23-11-5-6-12-23)22-16-9-13-24(14-10-16)19(25)20(2,3)4/h7-8,16,22H,5-6,9-14H2,1-4H3. The predicted octanol–water partition coefficient (Wildman–Crippen LogP) is 3.44. The van der Waals surface area contributed by atoms with Crippen molar-refractivity contribution < 1.29 is 4.79 Å². The first kappa shape index (κ1) is 18.0. The Kier molecular flexibility index (Phi) is 5.21. The first-order valence-electron chi connectivity index (χ1n) is 9.63. The van der Waals surface area contributed by atoms with Gasteiger partial charge in [-0.3, -0.25) is 4.79 Å². The molecule has 1 N–H and O–H groups in total. The summed E-state index contributed by atoms with van der Waals surface area (Å²) >= 11 is 0. The topological polar surface area (TPSA) is 48.5 Å². The number of piperidine rings is 1. The summed E-state index contributed by atoms with van der Waals surface area (Å²) in [7, 11) is 0. The minimum absolute atomic E-state index is 0.263. The highest BCUT2D eigenvalue weighted by Crippen LogP contribution is 2.25. The molecule has 3 heterocycles. The molecule has 2 fully saturated rings. The van der Waals surface area contributed by atoms with Crippen LogP contribution in [0.4, 0.5) is 11.5 Å². The Balaban J connectivity index is 1.56. The SMILES string of the molecule is Cc1nc(N2CCCC2)ccc1NC1CCN(C(=O)C(C)(C)C)CC1. The van der Waals surface area contributed by atoms with Crippen LogP contribution in [-0.4, -0.2) is 48.0 Å². The molecule has 5 heteroatoms. The molecule has 2 aliphatic rings. The van der Waals surface area contributed by atoms with Gasteiger partial charge in [-0.05, 0) is 44.7 Å². The Labute approximate surface area is 151 Å². The maximum atomic E-state index is 12.4. The van der Waals surface area contributed by atoms with Gasteiger partial charge in [0.2, 0.25) is 5.91 Å². The van der Waals surface area contributed by atoms with Gasteiger partial charge < -0.3 is 15.1 Å². The first-order chi connectivity index (χ1) is 11.8. The summed E-state index contributed by atoms with van der Waals surface area (Å²) in [6.07, 6.45) is 4.53. The van der Waals surface area contributed by atoms with E-state index in [4.69, 9.17) is 4.98 Å². The predicted molar refractivity (Wildman–Crippen MR) is 103 cm³/mol. The highest BCUT2D eigenvalue weighted by Gasteiger charge is 2.30. The van der Waals surface area contributed by atoms with E-state index in [2.05, 4.69) is 29.3 Å². The first-order valence-corrected chi connectivity index (χ1v) is 9.63. The van der Waals surface area contributed by atoms with Gasteiger partial charge in [0.1, 0.15) is 5.82 Å². The van der Waals surface area contributed by atoms with Crippen LogP contribution in [0.15, 0.2) is 12.1 Å². The Hall–Kier alpha value is -1.78. The second-order valence-electron chi connectivity index (χ2n) is 8.46. The molecule has 25 heavy (non-hydrogen) atoms. The fraction of sp³-hybridized carbons (Fsp3) is 0.700. The molecule has 3 rings (SSSR count). The van der Waals surface area contributed by atoms with Crippen molar-refractivity contribution >= 4 is 17.4 Å². The number of hydrogen-bond donors (Lipinski definition) is 1. The van der Waals surface area contributed by atoms with Crippen LogP contribution in [0.25, 0.3) is 0 Å². The Morgan fingerprint density at radius 2 is 1.76 bits per heavy atom. The van der Waals surface area contributed by atoms with Gasteiger partial charge in [-0.15, -0.1) is 0 Å². The number of hydrogen-bond acceptors (Lipinski definition) is 4. The van der Waals surface area contributed by atoms with E-state index in [1.807, 2.05) is 25.7 Å². The lowest BCUT2D eigenvalue weighted by molar-refractivity contribution is -0.140. The molecule has 1 amide bonds. The van der Waals surface area contributed by atoms with Crippen LogP contribution in [0.3, 0.4) is 0 Å².